The molecule has 0 unspecified atom stereocenters. The molecule has 0 radical (unpaired) electrons. The lowest BCUT2D eigenvalue weighted by molar-refractivity contribution is 0.159. The van der Waals surface area contributed by atoms with Gasteiger partial charge in [0.15, 0.2) is 0 Å². The van der Waals surface area contributed by atoms with Gasteiger partial charge in [0.2, 0.25) is 0 Å². The first-order chi connectivity index (χ1) is 9.96. The Morgan fingerprint density at radius 1 is 1.52 bits per heavy atom. The average Bonchev–Trinajstić information content (AvgIpc) is 2.38. The molecular formula is C12H15N3O5S. The zero-order chi connectivity index (χ0) is 15.7. The minimum atomic E-state index is -4.12. The Labute approximate surface area is 122 Å². The highest BCUT2D eigenvalue weighted by Gasteiger charge is 2.15. The number of anilines is 1. The topological polar surface area (TPSA) is 118 Å². The lowest BCUT2D eigenvalue weighted by Crippen LogP contribution is -2.35. The molecule has 114 valence electrons. The number of aliphatic hydroxyl groups excluding tert-OH is 1. The highest BCUT2D eigenvalue weighted by molar-refractivity contribution is 7.91. The van der Waals surface area contributed by atoms with Crippen molar-refractivity contribution in [2.75, 3.05) is 17.9 Å². The molecule has 3 N–H and O–H groups in total. The van der Waals surface area contributed by atoms with E-state index in [9.17, 15) is 13.2 Å². The second-order valence-electron chi connectivity index (χ2n) is 3.63. The standard InChI is InChI=1S/C12H15N3O5S/c1-2-20-12(17)15-21(18,19)14-11-9-10(6-7-13-11)5-3-4-8-16/h6-7,9,16H,2,4,8H2,1H3,(H,13,14)(H,15,17). The lowest BCUT2D eigenvalue weighted by atomic mass is 10.2. The first-order valence-electron chi connectivity index (χ1n) is 6.00. The van der Waals surface area contributed by atoms with Crippen molar-refractivity contribution in [3.05, 3.63) is 23.9 Å². The molecule has 0 aliphatic carbocycles. The summed E-state index contributed by atoms with van der Waals surface area (Å²) in [6.07, 6.45) is 0.600. The number of pyridine rings is 1. The smallest absolute Gasteiger partial charge is 0.422 e. The largest absolute Gasteiger partial charge is 0.449 e. The SMILES string of the molecule is CCOC(=O)NS(=O)(=O)Nc1cc(C#CCCO)ccn1. The number of ether oxygens (including phenoxy) is 1. The van der Waals surface area contributed by atoms with E-state index < -0.39 is 16.3 Å². The maximum Gasteiger partial charge on any atom is 0.422 e. The lowest BCUT2D eigenvalue weighted by Gasteiger charge is -2.08. The zero-order valence-electron chi connectivity index (χ0n) is 11.3. The number of hydrogen-bond acceptors (Lipinski definition) is 6. The van der Waals surface area contributed by atoms with Gasteiger partial charge >= 0.3 is 16.3 Å². The van der Waals surface area contributed by atoms with Gasteiger partial charge in [0.1, 0.15) is 5.82 Å². The molecule has 0 atom stereocenters. The van der Waals surface area contributed by atoms with Crippen LogP contribution in [0, 0.1) is 11.8 Å². The van der Waals surface area contributed by atoms with Crippen LogP contribution in [0.1, 0.15) is 18.9 Å². The Hall–Kier alpha value is -2.31. The summed E-state index contributed by atoms with van der Waals surface area (Å²) in [6, 6.07) is 2.98. The van der Waals surface area contributed by atoms with E-state index in [-0.39, 0.29) is 19.0 Å². The maximum atomic E-state index is 11.6. The van der Waals surface area contributed by atoms with Crippen LogP contribution in [0.2, 0.25) is 0 Å². The molecule has 8 nitrogen and oxygen atoms in total. The Kier molecular flexibility index (Phi) is 6.45. The molecule has 0 saturated heterocycles. The van der Waals surface area contributed by atoms with E-state index in [0.29, 0.717) is 12.0 Å². The first-order valence-corrected chi connectivity index (χ1v) is 7.48. The number of aromatic nitrogens is 1. The van der Waals surface area contributed by atoms with Gasteiger partial charge in [0, 0.05) is 18.2 Å². The molecule has 1 aromatic heterocycles. The zero-order valence-corrected chi connectivity index (χ0v) is 12.1. The molecule has 0 aromatic carbocycles. The molecule has 0 bridgehead atoms. The highest BCUT2D eigenvalue weighted by Crippen LogP contribution is 2.07. The van der Waals surface area contributed by atoms with Crippen molar-refractivity contribution < 1.29 is 23.1 Å². The fourth-order valence-electron chi connectivity index (χ4n) is 1.22. The Morgan fingerprint density at radius 3 is 2.95 bits per heavy atom. The summed E-state index contributed by atoms with van der Waals surface area (Å²) in [5, 5.41) is 8.62. The molecule has 0 fully saturated rings. The van der Waals surface area contributed by atoms with E-state index in [1.807, 2.05) is 0 Å². The number of nitrogens with zero attached hydrogens (tertiary/aromatic N) is 1. The molecule has 1 aromatic rings. The van der Waals surface area contributed by atoms with Crippen molar-refractivity contribution in [2.24, 2.45) is 0 Å². The van der Waals surface area contributed by atoms with Gasteiger partial charge in [-0.15, -0.1) is 0 Å². The van der Waals surface area contributed by atoms with Gasteiger partial charge in [-0.3, -0.25) is 4.72 Å². The molecule has 1 amide bonds. The molecule has 0 aliphatic heterocycles. The quantitative estimate of drug-likeness (QED) is 0.669. The first kappa shape index (κ1) is 16.7. The fourth-order valence-corrected chi connectivity index (χ4v) is 1.93. The van der Waals surface area contributed by atoms with Crippen LogP contribution in [0.3, 0.4) is 0 Å². The number of carbonyl (C=O) groups is 1. The van der Waals surface area contributed by atoms with Crippen LogP contribution in [0.5, 0.6) is 0 Å². The third-order valence-electron chi connectivity index (χ3n) is 1.96. The highest BCUT2D eigenvalue weighted by atomic mass is 32.2. The van der Waals surface area contributed by atoms with Gasteiger partial charge in [0.25, 0.3) is 0 Å². The maximum absolute atomic E-state index is 11.6. The minimum absolute atomic E-state index is 0.00240. The van der Waals surface area contributed by atoms with Crippen LogP contribution < -0.4 is 9.44 Å². The van der Waals surface area contributed by atoms with Gasteiger partial charge in [0.05, 0.1) is 13.2 Å². The van der Waals surface area contributed by atoms with Gasteiger partial charge in [-0.05, 0) is 19.1 Å². The fraction of sp³-hybridized carbons (Fsp3) is 0.333. The Bertz CT molecular complexity index is 648. The summed E-state index contributed by atoms with van der Waals surface area (Å²) in [5.41, 5.74) is 0.521. The molecule has 0 aliphatic rings. The van der Waals surface area contributed by atoms with Gasteiger partial charge in [-0.1, -0.05) is 11.8 Å². The van der Waals surface area contributed by atoms with E-state index in [1.54, 1.807) is 17.7 Å². The molecule has 1 rings (SSSR count). The van der Waals surface area contributed by atoms with Crippen molar-refractivity contribution in [2.45, 2.75) is 13.3 Å². The molecule has 21 heavy (non-hydrogen) atoms. The molecular weight excluding hydrogens is 298 g/mol. The van der Waals surface area contributed by atoms with Crippen molar-refractivity contribution in [3.8, 4) is 11.8 Å². The number of carbonyl (C=O) groups excluding carboxylic acids is 1. The number of aliphatic hydroxyl groups is 1. The monoisotopic (exact) mass is 313 g/mol. The van der Waals surface area contributed by atoms with Crippen LogP contribution in [0.15, 0.2) is 18.3 Å². The van der Waals surface area contributed by atoms with Crippen molar-refractivity contribution in [1.29, 1.82) is 0 Å². The van der Waals surface area contributed by atoms with Crippen molar-refractivity contribution in [3.63, 3.8) is 0 Å². The van der Waals surface area contributed by atoms with Crippen LogP contribution in [0.4, 0.5) is 10.6 Å². The van der Waals surface area contributed by atoms with Gasteiger partial charge in [-0.25, -0.2) is 14.5 Å². The summed E-state index contributed by atoms with van der Waals surface area (Å²) in [6.45, 7) is 1.55. The average molecular weight is 313 g/mol. The molecule has 0 spiro atoms. The van der Waals surface area contributed by atoms with Crippen molar-refractivity contribution in [1.82, 2.24) is 9.71 Å². The third kappa shape index (κ3) is 6.60. The second kappa shape index (κ2) is 8.08. The van der Waals surface area contributed by atoms with Crippen LogP contribution >= 0.6 is 0 Å². The third-order valence-corrected chi connectivity index (χ3v) is 2.87. The summed E-state index contributed by atoms with van der Waals surface area (Å²) in [5.74, 6) is 5.43. The predicted molar refractivity (Wildman–Crippen MR) is 75.5 cm³/mol. The minimum Gasteiger partial charge on any atom is -0.449 e. The summed E-state index contributed by atoms with van der Waals surface area (Å²) >= 11 is 0. The predicted octanol–water partition coefficient (Wildman–Crippen LogP) is 0.218. The van der Waals surface area contributed by atoms with E-state index in [4.69, 9.17) is 5.11 Å². The van der Waals surface area contributed by atoms with E-state index in [1.165, 1.54) is 12.3 Å². The Morgan fingerprint density at radius 2 is 2.29 bits per heavy atom. The summed E-state index contributed by atoms with van der Waals surface area (Å²) in [7, 11) is -4.12. The van der Waals surface area contributed by atoms with Crippen molar-refractivity contribution >= 4 is 22.1 Å². The number of nitrogens with one attached hydrogen (secondary N) is 2. The summed E-state index contributed by atoms with van der Waals surface area (Å²) < 4.78 is 31.5. The van der Waals surface area contributed by atoms with Gasteiger partial charge in [-0.2, -0.15) is 8.42 Å². The summed E-state index contributed by atoms with van der Waals surface area (Å²) in [4.78, 5) is 14.9. The second-order valence-corrected chi connectivity index (χ2v) is 5.05. The van der Waals surface area contributed by atoms with Crippen LogP contribution in [-0.4, -0.2) is 37.8 Å². The Balaban J connectivity index is 2.77. The van der Waals surface area contributed by atoms with Crippen LogP contribution in [0.25, 0.3) is 0 Å². The molecule has 9 heteroatoms. The number of rotatable bonds is 5. The van der Waals surface area contributed by atoms with E-state index in [2.05, 4.69) is 26.3 Å². The van der Waals surface area contributed by atoms with Crippen LogP contribution in [-0.2, 0) is 14.9 Å². The number of amides is 1. The van der Waals surface area contributed by atoms with E-state index >= 15 is 0 Å². The molecule has 1 heterocycles. The molecule has 0 saturated carbocycles. The normalized spacial score (nSPS) is 10.2. The van der Waals surface area contributed by atoms with Gasteiger partial charge < -0.3 is 9.84 Å². The number of hydrogen-bond donors (Lipinski definition) is 3. The van der Waals surface area contributed by atoms with E-state index in [0.717, 1.165) is 0 Å².